The summed E-state index contributed by atoms with van der Waals surface area (Å²) in [6.45, 7) is 1.63. The first kappa shape index (κ1) is 19.8. The zero-order valence-electron chi connectivity index (χ0n) is 17.1. The fourth-order valence-corrected chi connectivity index (χ4v) is 3.67. The summed E-state index contributed by atoms with van der Waals surface area (Å²) < 4.78 is 11.3. The fraction of sp³-hybridized carbons (Fsp3) is 0.250. The number of amides is 2. The minimum atomic E-state index is -0.235. The molecule has 0 aromatic heterocycles. The number of benzene rings is 2. The predicted octanol–water partition coefficient (Wildman–Crippen LogP) is 3.73. The highest BCUT2D eigenvalue weighted by Gasteiger charge is 2.27. The van der Waals surface area contributed by atoms with Gasteiger partial charge in [-0.15, -0.1) is 0 Å². The number of para-hydroxylation sites is 2. The van der Waals surface area contributed by atoms with Gasteiger partial charge < -0.3 is 19.3 Å². The van der Waals surface area contributed by atoms with Crippen LogP contribution in [-0.2, 0) is 9.59 Å². The molecule has 1 fully saturated rings. The molecule has 4 rings (SSSR count). The van der Waals surface area contributed by atoms with Crippen LogP contribution in [0.5, 0.6) is 11.5 Å². The molecule has 154 valence electrons. The average molecular weight is 404 g/mol. The molecule has 2 amide bonds. The van der Waals surface area contributed by atoms with Crippen molar-refractivity contribution in [2.45, 2.75) is 12.8 Å². The number of likely N-dealkylation sites (N-methyl/N-ethyl adjacent to an activating group) is 1. The van der Waals surface area contributed by atoms with Crippen molar-refractivity contribution in [1.82, 2.24) is 4.90 Å². The van der Waals surface area contributed by atoms with E-state index in [0.29, 0.717) is 17.1 Å². The topological polar surface area (TPSA) is 59.1 Å². The van der Waals surface area contributed by atoms with Gasteiger partial charge in [-0.1, -0.05) is 18.2 Å². The Morgan fingerprint density at radius 1 is 1.13 bits per heavy atom. The number of carbonyl (C=O) groups is 2. The second kappa shape index (κ2) is 8.45. The molecule has 1 saturated heterocycles. The first-order valence-corrected chi connectivity index (χ1v) is 9.98. The van der Waals surface area contributed by atoms with Crippen LogP contribution >= 0.6 is 0 Å². The van der Waals surface area contributed by atoms with Crippen molar-refractivity contribution in [2.75, 3.05) is 32.1 Å². The second-order valence-electron chi connectivity index (χ2n) is 7.31. The van der Waals surface area contributed by atoms with E-state index in [2.05, 4.69) is 0 Å². The summed E-state index contributed by atoms with van der Waals surface area (Å²) in [7, 11) is 3.30. The number of likely N-dealkylation sites (tertiary alicyclic amines) is 1. The van der Waals surface area contributed by atoms with Crippen molar-refractivity contribution >= 4 is 29.7 Å². The maximum atomic E-state index is 12.8. The molecular formula is C24H24N2O4. The van der Waals surface area contributed by atoms with Gasteiger partial charge in [0.2, 0.25) is 5.91 Å². The molecule has 2 aromatic rings. The van der Waals surface area contributed by atoms with Crippen LogP contribution in [0, 0.1) is 0 Å². The zero-order valence-corrected chi connectivity index (χ0v) is 17.1. The Labute approximate surface area is 176 Å². The Kier molecular flexibility index (Phi) is 5.57. The number of fused-ring (bicyclic) bond motifs is 1. The van der Waals surface area contributed by atoms with Crippen LogP contribution in [-0.4, -0.2) is 44.0 Å². The lowest BCUT2D eigenvalue weighted by Crippen LogP contribution is -2.33. The van der Waals surface area contributed by atoms with Gasteiger partial charge in [-0.05, 0) is 54.8 Å². The number of carbonyl (C=O) groups excluding carboxylic acids is 2. The molecule has 2 aliphatic heterocycles. The summed E-state index contributed by atoms with van der Waals surface area (Å²) in [5, 5.41) is 0. The summed E-state index contributed by atoms with van der Waals surface area (Å²) in [5.74, 6) is 1.23. The summed E-state index contributed by atoms with van der Waals surface area (Å²) in [6.07, 6.45) is 7.17. The molecule has 2 heterocycles. The monoisotopic (exact) mass is 404 g/mol. The second-order valence-corrected chi connectivity index (χ2v) is 7.31. The zero-order chi connectivity index (χ0) is 21.1. The van der Waals surface area contributed by atoms with Gasteiger partial charge in [0.1, 0.15) is 5.75 Å². The molecule has 30 heavy (non-hydrogen) atoms. The van der Waals surface area contributed by atoms with Crippen LogP contribution < -0.4 is 14.4 Å². The molecule has 0 saturated carbocycles. The number of hydrogen-bond acceptors (Lipinski definition) is 4. The summed E-state index contributed by atoms with van der Waals surface area (Å²) in [5.41, 5.74) is 2.26. The van der Waals surface area contributed by atoms with Gasteiger partial charge in [-0.2, -0.15) is 0 Å². The Bertz CT molecular complexity index is 1040. The highest BCUT2D eigenvalue weighted by atomic mass is 16.5. The minimum Gasteiger partial charge on any atom is -0.496 e. The fourth-order valence-electron chi connectivity index (χ4n) is 3.67. The molecule has 0 radical (unpaired) electrons. The highest BCUT2D eigenvalue weighted by Crippen LogP contribution is 2.35. The Morgan fingerprint density at radius 3 is 2.67 bits per heavy atom. The van der Waals surface area contributed by atoms with Crippen molar-refractivity contribution in [1.29, 1.82) is 0 Å². The van der Waals surface area contributed by atoms with Crippen molar-refractivity contribution in [2.24, 2.45) is 0 Å². The van der Waals surface area contributed by atoms with E-state index in [-0.39, 0.29) is 17.6 Å². The smallest absolute Gasteiger partial charge is 0.293 e. The lowest BCUT2D eigenvalue weighted by molar-refractivity contribution is -0.125. The van der Waals surface area contributed by atoms with Crippen molar-refractivity contribution in [3.8, 4) is 11.5 Å². The largest absolute Gasteiger partial charge is 0.496 e. The van der Waals surface area contributed by atoms with Crippen LogP contribution in [0.3, 0.4) is 0 Å². The maximum Gasteiger partial charge on any atom is 0.293 e. The third kappa shape index (κ3) is 3.94. The van der Waals surface area contributed by atoms with E-state index in [4.69, 9.17) is 9.47 Å². The minimum absolute atomic E-state index is 0.0206. The number of nitrogens with zero attached hydrogens (tertiary/aromatic N) is 2. The molecular weight excluding hydrogens is 380 g/mol. The summed E-state index contributed by atoms with van der Waals surface area (Å²) in [6, 6.07) is 13.0. The van der Waals surface area contributed by atoms with Gasteiger partial charge in [-0.25, -0.2) is 0 Å². The van der Waals surface area contributed by atoms with E-state index >= 15 is 0 Å². The van der Waals surface area contributed by atoms with E-state index in [9.17, 15) is 9.59 Å². The molecule has 0 atom stereocenters. The number of methoxy groups -OCH3 is 1. The van der Waals surface area contributed by atoms with Gasteiger partial charge in [0.15, 0.2) is 11.5 Å². The van der Waals surface area contributed by atoms with Gasteiger partial charge in [0.25, 0.3) is 5.91 Å². The van der Waals surface area contributed by atoms with Crippen LogP contribution in [0.25, 0.3) is 12.2 Å². The normalized spacial score (nSPS) is 17.4. The van der Waals surface area contributed by atoms with E-state index in [1.165, 1.54) is 0 Å². The van der Waals surface area contributed by atoms with E-state index in [0.717, 1.165) is 37.2 Å². The lowest BCUT2D eigenvalue weighted by Gasteiger charge is -2.27. The van der Waals surface area contributed by atoms with E-state index < -0.39 is 0 Å². The quantitative estimate of drug-likeness (QED) is 0.729. The van der Waals surface area contributed by atoms with Crippen molar-refractivity contribution < 1.29 is 19.1 Å². The third-order valence-electron chi connectivity index (χ3n) is 5.34. The maximum absolute atomic E-state index is 12.8. The van der Waals surface area contributed by atoms with Crippen molar-refractivity contribution in [3.05, 3.63) is 65.4 Å². The average Bonchev–Trinajstić information content (AvgIpc) is 3.31. The van der Waals surface area contributed by atoms with Crippen molar-refractivity contribution in [3.63, 3.8) is 0 Å². The molecule has 2 aromatic carbocycles. The van der Waals surface area contributed by atoms with Crippen LogP contribution in [0.15, 0.2) is 54.3 Å². The standard InChI is InChI=1S/C24H24N2O4/c1-25-19-7-3-4-8-21(19)30-22(24(25)28)16-18-15-17(9-11-20(18)29-2)10-12-23(27)26-13-5-6-14-26/h3-4,7-12,15-16H,5-6,13-14H2,1-2H3/b12-10+,22-16-. The number of anilines is 1. The molecule has 0 unspecified atom stereocenters. The molecule has 6 heteroatoms. The number of ether oxygens (including phenoxy) is 2. The van der Waals surface area contributed by atoms with Gasteiger partial charge >= 0.3 is 0 Å². The first-order valence-electron chi connectivity index (χ1n) is 9.98. The van der Waals surface area contributed by atoms with Crippen LogP contribution in [0.1, 0.15) is 24.0 Å². The van der Waals surface area contributed by atoms with Crippen LogP contribution in [0.2, 0.25) is 0 Å². The van der Waals surface area contributed by atoms with Gasteiger partial charge in [0.05, 0.1) is 12.8 Å². The van der Waals surface area contributed by atoms with E-state index in [1.807, 2.05) is 47.4 Å². The Morgan fingerprint density at radius 2 is 1.90 bits per heavy atom. The summed E-state index contributed by atoms with van der Waals surface area (Å²) in [4.78, 5) is 28.5. The first-order chi connectivity index (χ1) is 14.6. The lowest BCUT2D eigenvalue weighted by atomic mass is 10.1. The van der Waals surface area contributed by atoms with Gasteiger partial charge in [-0.3, -0.25) is 9.59 Å². The van der Waals surface area contributed by atoms with E-state index in [1.54, 1.807) is 37.3 Å². The Balaban J connectivity index is 1.62. The molecule has 0 N–H and O–H groups in total. The SMILES string of the molecule is COc1ccc(/C=C/C(=O)N2CCCC2)cc1/C=C1\Oc2ccccc2N(C)C1=O. The third-order valence-corrected chi connectivity index (χ3v) is 5.34. The highest BCUT2D eigenvalue weighted by molar-refractivity contribution is 6.09. The molecule has 0 spiro atoms. The number of rotatable bonds is 4. The number of hydrogen-bond donors (Lipinski definition) is 0. The summed E-state index contributed by atoms with van der Waals surface area (Å²) >= 11 is 0. The molecule has 0 aliphatic carbocycles. The Hall–Kier alpha value is -3.54. The molecule has 0 bridgehead atoms. The van der Waals surface area contributed by atoms with Gasteiger partial charge in [0, 0.05) is 31.8 Å². The molecule has 6 nitrogen and oxygen atoms in total. The van der Waals surface area contributed by atoms with Crippen LogP contribution in [0.4, 0.5) is 5.69 Å². The predicted molar refractivity (Wildman–Crippen MR) is 116 cm³/mol. The molecule has 2 aliphatic rings.